The van der Waals surface area contributed by atoms with Crippen LogP contribution in [0.2, 0.25) is 0 Å². The van der Waals surface area contributed by atoms with E-state index in [4.69, 9.17) is 0 Å². The van der Waals surface area contributed by atoms with E-state index in [0.717, 1.165) is 12.8 Å². The van der Waals surface area contributed by atoms with Gasteiger partial charge in [-0.1, -0.05) is 12.1 Å². The van der Waals surface area contributed by atoms with Crippen LogP contribution in [0.1, 0.15) is 46.4 Å². The van der Waals surface area contributed by atoms with Crippen molar-refractivity contribution in [1.82, 2.24) is 10.2 Å². The number of piperidine rings is 1. The molecule has 1 saturated heterocycles. The Labute approximate surface area is 174 Å². The summed E-state index contributed by atoms with van der Waals surface area (Å²) >= 11 is 0. The lowest BCUT2D eigenvalue weighted by molar-refractivity contribution is -0.121. The monoisotopic (exact) mass is 409 g/mol. The quantitative estimate of drug-likeness (QED) is 0.796. The zero-order valence-electron chi connectivity index (χ0n) is 16.6. The van der Waals surface area contributed by atoms with Crippen molar-refractivity contribution < 1.29 is 18.8 Å². The first kappa shape index (κ1) is 20.1. The molecule has 1 heterocycles. The maximum absolute atomic E-state index is 13.1. The highest BCUT2D eigenvalue weighted by Crippen LogP contribution is 2.24. The van der Waals surface area contributed by atoms with Gasteiger partial charge in [-0.05, 0) is 62.1 Å². The number of carbonyl (C=O) groups is 3. The van der Waals surface area contributed by atoms with Gasteiger partial charge in [0, 0.05) is 30.6 Å². The van der Waals surface area contributed by atoms with Crippen LogP contribution in [0.5, 0.6) is 0 Å². The third-order valence-corrected chi connectivity index (χ3v) is 5.59. The van der Waals surface area contributed by atoms with Gasteiger partial charge in [-0.15, -0.1) is 0 Å². The lowest BCUT2D eigenvalue weighted by Gasteiger charge is -2.31. The molecule has 2 fully saturated rings. The van der Waals surface area contributed by atoms with Crippen LogP contribution in [0.15, 0.2) is 48.5 Å². The molecule has 2 N–H and O–H groups in total. The Hall–Kier alpha value is -3.22. The Morgan fingerprint density at radius 2 is 1.57 bits per heavy atom. The average molecular weight is 409 g/mol. The van der Waals surface area contributed by atoms with E-state index in [0.29, 0.717) is 42.7 Å². The molecule has 4 rings (SSSR count). The van der Waals surface area contributed by atoms with Gasteiger partial charge in [-0.3, -0.25) is 14.4 Å². The van der Waals surface area contributed by atoms with Crippen molar-refractivity contribution in [3.8, 4) is 0 Å². The fraction of sp³-hybridized carbons (Fsp3) is 0.348. The minimum atomic E-state index is -0.381. The molecule has 1 aliphatic heterocycles. The molecule has 30 heavy (non-hydrogen) atoms. The van der Waals surface area contributed by atoms with Crippen LogP contribution in [0, 0.1) is 11.7 Å². The van der Waals surface area contributed by atoms with E-state index in [1.54, 1.807) is 29.2 Å². The number of nitrogens with zero attached hydrogens (tertiary/aromatic N) is 1. The highest BCUT2D eigenvalue weighted by molar-refractivity contribution is 6.04. The van der Waals surface area contributed by atoms with Crippen LogP contribution in [0.3, 0.4) is 0 Å². The molecule has 0 bridgehead atoms. The number of halogens is 1. The highest BCUT2D eigenvalue weighted by Gasteiger charge is 2.29. The summed E-state index contributed by atoms with van der Waals surface area (Å²) in [5.41, 5.74) is 1.40. The van der Waals surface area contributed by atoms with E-state index in [1.807, 2.05) is 0 Å². The number of hydrogen-bond donors (Lipinski definition) is 2. The normalized spacial score (nSPS) is 16.8. The van der Waals surface area contributed by atoms with Crippen LogP contribution < -0.4 is 10.6 Å². The van der Waals surface area contributed by atoms with Gasteiger partial charge in [0.1, 0.15) is 5.82 Å². The number of amides is 3. The second kappa shape index (κ2) is 8.65. The maximum Gasteiger partial charge on any atom is 0.253 e. The summed E-state index contributed by atoms with van der Waals surface area (Å²) in [4.78, 5) is 39.4. The molecule has 0 aromatic heterocycles. The standard InChI is InChI=1S/C23H24FN3O3/c24-17-7-5-16(6-8-17)23(30)27-13-11-15(12-14-27)21(28)26-20-4-2-1-3-19(20)22(29)25-18-9-10-18/h1-8,15,18H,9-14H2,(H,25,29)(H,26,28). The van der Waals surface area contributed by atoms with E-state index < -0.39 is 0 Å². The first-order chi connectivity index (χ1) is 14.5. The molecule has 0 spiro atoms. The third-order valence-electron chi connectivity index (χ3n) is 5.59. The Morgan fingerprint density at radius 3 is 2.23 bits per heavy atom. The molecule has 7 heteroatoms. The number of likely N-dealkylation sites (tertiary alicyclic amines) is 1. The Morgan fingerprint density at radius 1 is 0.900 bits per heavy atom. The summed E-state index contributed by atoms with van der Waals surface area (Å²) in [5.74, 6) is -1.09. The predicted molar refractivity (Wildman–Crippen MR) is 111 cm³/mol. The minimum absolute atomic E-state index is 0.143. The topological polar surface area (TPSA) is 78.5 Å². The second-order valence-electron chi connectivity index (χ2n) is 7.86. The minimum Gasteiger partial charge on any atom is -0.349 e. The van der Waals surface area contributed by atoms with Crippen LogP contribution in [-0.4, -0.2) is 41.8 Å². The molecule has 156 valence electrons. The van der Waals surface area contributed by atoms with Crippen LogP contribution in [0.25, 0.3) is 0 Å². The summed E-state index contributed by atoms with van der Waals surface area (Å²) in [7, 11) is 0. The maximum atomic E-state index is 13.1. The zero-order valence-corrected chi connectivity index (χ0v) is 16.6. The van der Waals surface area contributed by atoms with Gasteiger partial charge in [0.2, 0.25) is 5.91 Å². The van der Waals surface area contributed by atoms with Crippen molar-refractivity contribution in [2.24, 2.45) is 5.92 Å². The molecule has 1 aliphatic carbocycles. The molecular weight excluding hydrogens is 385 g/mol. The number of para-hydroxylation sites is 1. The van der Waals surface area contributed by atoms with Crippen molar-refractivity contribution in [3.05, 3.63) is 65.5 Å². The Balaban J connectivity index is 1.34. The number of anilines is 1. The number of nitrogens with one attached hydrogen (secondary N) is 2. The third kappa shape index (κ3) is 4.67. The van der Waals surface area contributed by atoms with Crippen molar-refractivity contribution in [2.75, 3.05) is 18.4 Å². The van der Waals surface area contributed by atoms with Gasteiger partial charge in [0.05, 0.1) is 11.3 Å². The molecule has 2 aromatic rings. The van der Waals surface area contributed by atoms with Gasteiger partial charge in [0.15, 0.2) is 0 Å². The van der Waals surface area contributed by atoms with Crippen LogP contribution in [-0.2, 0) is 4.79 Å². The second-order valence-corrected chi connectivity index (χ2v) is 7.86. The van der Waals surface area contributed by atoms with Gasteiger partial charge < -0.3 is 15.5 Å². The van der Waals surface area contributed by atoms with E-state index >= 15 is 0 Å². The highest BCUT2D eigenvalue weighted by atomic mass is 19.1. The number of benzene rings is 2. The molecule has 0 unspecified atom stereocenters. The van der Waals surface area contributed by atoms with Gasteiger partial charge in [0.25, 0.3) is 11.8 Å². The lowest BCUT2D eigenvalue weighted by Crippen LogP contribution is -2.41. The predicted octanol–water partition coefficient (Wildman–Crippen LogP) is 3.21. The summed E-state index contributed by atoms with van der Waals surface area (Å²) in [6.45, 7) is 0.913. The molecule has 2 aliphatic rings. The summed E-state index contributed by atoms with van der Waals surface area (Å²) < 4.78 is 13.1. The summed E-state index contributed by atoms with van der Waals surface area (Å²) in [5, 5.41) is 5.83. The van der Waals surface area contributed by atoms with Crippen molar-refractivity contribution >= 4 is 23.4 Å². The first-order valence-corrected chi connectivity index (χ1v) is 10.3. The fourth-order valence-corrected chi connectivity index (χ4v) is 3.64. The smallest absolute Gasteiger partial charge is 0.253 e. The first-order valence-electron chi connectivity index (χ1n) is 10.3. The zero-order chi connectivity index (χ0) is 21.1. The lowest BCUT2D eigenvalue weighted by atomic mass is 9.95. The number of rotatable bonds is 5. The average Bonchev–Trinajstić information content (AvgIpc) is 3.58. The Kier molecular flexibility index (Phi) is 5.79. The van der Waals surface area contributed by atoms with E-state index in [-0.39, 0.29) is 35.5 Å². The molecular formula is C23H24FN3O3. The van der Waals surface area contributed by atoms with E-state index in [9.17, 15) is 18.8 Å². The van der Waals surface area contributed by atoms with Crippen molar-refractivity contribution in [3.63, 3.8) is 0 Å². The summed E-state index contributed by atoms with van der Waals surface area (Å²) in [6, 6.07) is 12.7. The van der Waals surface area contributed by atoms with Crippen LogP contribution >= 0.6 is 0 Å². The number of carbonyl (C=O) groups excluding carboxylic acids is 3. The van der Waals surface area contributed by atoms with Gasteiger partial charge >= 0.3 is 0 Å². The molecule has 1 saturated carbocycles. The molecule has 3 amide bonds. The van der Waals surface area contributed by atoms with Crippen LogP contribution in [0.4, 0.5) is 10.1 Å². The van der Waals surface area contributed by atoms with Crippen molar-refractivity contribution in [2.45, 2.75) is 31.7 Å². The molecule has 0 radical (unpaired) electrons. The van der Waals surface area contributed by atoms with E-state index in [2.05, 4.69) is 10.6 Å². The SMILES string of the molecule is O=C(NC1CC1)c1ccccc1NC(=O)C1CCN(C(=O)c2ccc(F)cc2)CC1. The number of hydrogen-bond acceptors (Lipinski definition) is 3. The Bertz CT molecular complexity index is 948. The van der Waals surface area contributed by atoms with Gasteiger partial charge in [-0.25, -0.2) is 4.39 Å². The summed E-state index contributed by atoms with van der Waals surface area (Å²) in [6.07, 6.45) is 3.06. The molecule has 6 nitrogen and oxygen atoms in total. The van der Waals surface area contributed by atoms with E-state index in [1.165, 1.54) is 24.3 Å². The molecule has 0 atom stereocenters. The molecule has 2 aromatic carbocycles. The largest absolute Gasteiger partial charge is 0.349 e. The van der Waals surface area contributed by atoms with Gasteiger partial charge in [-0.2, -0.15) is 0 Å². The van der Waals surface area contributed by atoms with Crippen molar-refractivity contribution in [1.29, 1.82) is 0 Å². The fourth-order valence-electron chi connectivity index (χ4n) is 3.64.